The van der Waals surface area contributed by atoms with Gasteiger partial charge in [-0.15, -0.1) is 23.1 Å². The molecule has 2 aliphatic heterocycles. The Kier molecular flexibility index (Phi) is 4.08. The second-order valence-corrected chi connectivity index (χ2v) is 7.39. The summed E-state index contributed by atoms with van der Waals surface area (Å²) in [4.78, 5) is 27.2. The van der Waals surface area contributed by atoms with Gasteiger partial charge in [-0.2, -0.15) is 0 Å². The molecule has 112 valence electrons. The molecule has 1 aromatic heterocycles. The maximum absolute atomic E-state index is 12.3. The summed E-state index contributed by atoms with van der Waals surface area (Å²) in [6.07, 6.45) is 1.33. The van der Waals surface area contributed by atoms with Crippen molar-refractivity contribution in [3.8, 4) is 0 Å². The number of hydrogen-bond donors (Lipinski definition) is 1. The first-order valence-corrected chi connectivity index (χ1v) is 8.99. The van der Waals surface area contributed by atoms with Crippen LogP contribution in [0.25, 0.3) is 0 Å². The van der Waals surface area contributed by atoms with Gasteiger partial charge in [-0.05, 0) is 30.4 Å². The van der Waals surface area contributed by atoms with Crippen LogP contribution < -0.4 is 5.32 Å². The fourth-order valence-corrected chi connectivity index (χ4v) is 5.02. The number of thioether (sulfide) groups is 1. The maximum atomic E-state index is 12.3. The number of carbonyl (C=O) groups excluding carboxylic acids is 2. The van der Waals surface area contributed by atoms with Crippen molar-refractivity contribution in [3.05, 3.63) is 33.7 Å². The van der Waals surface area contributed by atoms with Crippen molar-refractivity contribution in [3.63, 3.8) is 0 Å². The highest BCUT2D eigenvalue weighted by Crippen LogP contribution is 2.40. The maximum Gasteiger partial charge on any atom is 0.253 e. The van der Waals surface area contributed by atoms with E-state index in [9.17, 15) is 9.59 Å². The zero-order chi connectivity index (χ0) is 15.0. The van der Waals surface area contributed by atoms with Gasteiger partial charge >= 0.3 is 0 Å². The molecule has 1 fully saturated rings. The predicted molar refractivity (Wildman–Crippen MR) is 86.0 cm³/mol. The van der Waals surface area contributed by atoms with Crippen molar-refractivity contribution in [2.75, 3.05) is 5.75 Å². The molecule has 0 aliphatic carbocycles. The molecule has 0 spiro atoms. The molecule has 1 aromatic rings. The Balaban J connectivity index is 1.63. The Morgan fingerprint density at radius 2 is 2.33 bits per heavy atom. The van der Waals surface area contributed by atoms with Crippen LogP contribution in [0.5, 0.6) is 0 Å². The Labute approximate surface area is 132 Å². The normalized spacial score (nSPS) is 24.7. The van der Waals surface area contributed by atoms with Crippen LogP contribution in [-0.4, -0.2) is 33.9 Å². The highest BCUT2D eigenvalue weighted by molar-refractivity contribution is 8.00. The molecule has 1 saturated heterocycles. The molecule has 2 amide bonds. The van der Waals surface area contributed by atoms with Crippen molar-refractivity contribution in [2.24, 2.45) is 0 Å². The molecular weight excluding hydrogens is 304 g/mol. The molecule has 6 heteroatoms. The van der Waals surface area contributed by atoms with Crippen LogP contribution in [0.3, 0.4) is 0 Å². The van der Waals surface area contributed by atoms with Crippen LogP contribution in [0.15, 0.2) is 28.8 Å². The molecule has 0 radical (unpaired) electrons. The number of β-lactam (4-membered cyclic amide) rings is 1. The first kappa shape index (κ1) is 14.7. The van der Waals surface area contributed by atoms with E-state index in [2.05, 4.69) is 12.2 Å². The van der Waals surface area contributed by atoms with Crippen LogP contribution >= 0.6 is 23.1 Å². The van der Waals surface area contributed by atoms with Gasteiger partial charge in [-0.25, -0.2) is 0 Å². The largest absolute Gasteiger partial charge is 0.341 e. The van der Waals surface area contributed by atoms with Crippen molar-refractivity contribution >= 4 is 34.9 Å². The quantitative estimate of drug-likeness (QED) is 0.866. The number of amides is 2. The number of nitrogens with zero attached hydrogens (tertiary/aromatic N) is 1. The average molecular weight is 322 g/mol. The molecule has 0 bridgehead atoms. The fourth-order valence-electron chi connectivity index (χ4n) is 2.74. The van der Waals surface area contributed by atoms with Crippen molar-refractivity contribution in [2.45, 2.75) is 38.1 Å². The van der Waals surface area contributed by atoms with Crippen LogP contribution in [0.2, 0.25) is 0 Å². The van der Waals surface area contributed by atoms with Gasteiger partial charge in [0.05, 0.1) is 6.42 Å². The van der Waals surface area contributed by atoms with E-state index in [-0.39, 0.29) is 23.2 Å². The Morgan fingerprint density at radius 1 is 1.52 bits per heavy atom. The third-order valence-electron chi connectivity index (χ3n) is 4.00. The number of hydrogen-bond acceptors (Lipinski definition) is 4. The fraction of sp³-hybridized carbons (Fsp3) is 0.467. The molecule has 2 aliphatic rings. The van der Waals surface area contributed by atoms with E-state index < -0.39 is 0 Å². The first-order chi connectivity index (χ1) is 10.1. The van der Waals surface area contributed by atoms with Crippen LogP contribution in [0, 0.1) is 0 Å². The van der Waals surface area contributed by atoms with Crippen LogP contribution in [0.1, 0.15) is 25.1 Å². The van der Waals surface area contributed by atoms with Gasteiger partial charge in [-0.3, -0.25) is 14.5 Å². The second kappa shape index (κ2) is 5.85. The third-order valence-corrected chi connectivity index (χ3v) is 6.22. The summed E-state index contributed by atoms with van der Waals surface area (Å²) >= 11 is 3.31. The number of fused-ring (bicyclic) bond motifs is 1. The van der Waals surface area contributed by atoms with Crippen molar-refractivity contribution < 1.29 is 9.59 Å². The van der Waals surface area contributed by atoms with Crippen LogP contribution in [0.4, 0.5) is 0 Å². The van der Waals surface area contributed by atoms with Gasteiger partial charge in [0.2, 0.25) is 5.91 Å². The highest BCUT2D eigenvalue weighted by atomic mass is 32.2. The molecule has 0 aromatic carbocycles. The van der Waals surface area contributed by atoms with Crippen LogP contribution in [-0.2, 0) is 16.0 Å². The summed E-state index contributed by atoms with van der Waals surface area (Å²) in [5.74, 6) is 0.905. The van der Waals surface area contributed by atoms with Gasteiger partial charge in [-0.1, -0.05) is 13.0 Å². The molecule has 21 heavy (non-hydrogen) atoms. The van der Waals surface area contributed by atoms with E-state index in [0.717, 1.165) is 22.7 Å². The zero-order valence-corrected chi connectivity index (χ0v) is 13.7. The van der Waals surface area contributed by atoms with E-state index in [1.54, 1.807) is 23.1 Å². The number of carbonyl (C=O) groups is 2. The number of nitrogens with one attached hydrogen (secondary N) is 1. The highest BCUT2D eigenvalue weighted by Gasteiger charge is 2.51. The predicted octanol–water partition coefficient (Wildman–Crippen LogP) is 2.37. The first-order valence-electron chi connectivity index (χ1n) is 7.07. The summed E-state index contributed by atoms with van der Waals surface area (Å²) in [6, 6.07) is 3.51. The van der Waals surface area contributed by atoms with Gasteiger partial charge in [0, 0.05) is 16.3 Å². The lowest BCUT2D eigenvalue weighted by molar-refractivity contribution is -0.145. The number of thiophene rings is 1. The van der Waals surface area contributed by atoms with Crippen molar-refractivity contribution in [1.29, 1.82) is 0 Å². The second-order valence-electron chi connectivity index (χ2n) is 5.25. The topological polar surface area (TPSA) is 49.4 Å². The minimum Gasteiger partial charge on any atom is -0.341 e. The smallest absolute Gasteiger partial charge is 0.253 e. The summed E-state index contributed by atoms with van der Waals surface area (Å²) in [5.41, 5.74) is 2.41. The minimum absolute atomic E-state index is 0.0233. The molecule has 3 rings (SSSR count). The van der Waals surface area contributed by atoms with Gasteiger partial charge in [0.1, 0.15) is 11.4 Å². The van der Waals surface area contributed by atoms with E-state index in [4.69, 9.17) is 0 Å². The molecule has 3 heterocycles. The monoisotopic (exact) mass is 322 g/mol. The molecule has 4 nitrogen and oxygen atoms in total. The van der Waals surface area contributed by atoms with E-state index in [0.29, 0.717) is 6.42 Å². The minimum atomic E-state index is -0.365. The lowest BCUT2D eigenvalue weighted by Gasteiger charge is -2.50. The Morgan fingerprint density at radius 3 is 3.00 bits per heavy atom. The van der Waals surface area contributed by atoms with E-state index in [1.165, 1.54) is 5.57 Å². The summed E-state index contributed by atoms with van der Waals surface area (Å²) in [7, 11) is 0. The van der Waals surface area contributed by atoms with E-state index in [1.807, 2.05) is 29.3 Å². The standard InChI is InChI=1S/C15H18N2O2S2/c1-3-10-8-21-15-13(14(19)17(15)9(10)2)16-12(18)7-11-5-4-6-20-11/h4-6,13,15H,3,7-8H2,1-2H3,(H,16,18). The van der Waals surface area contributed by atoms with Gasteiger partial charge < -0.3 is 5.32 Å². The van der Waals surface area contributed by atoms with E-state index >= 15 is 0 Å². The molecule has 1 N–H and O–H groups in total. The Hall–Kier alpha value is -1.27. The zero-order valence-electron chi connectivity index (χ0n) is 12.1. The number of rotatable bonds is 4. The summed E-state index contributed by atoms with van der Waals surface area (Å²) in [5, 5.41) is 4.91. The third kappa shape index (κ3) is 2.62. The number of allylic oxidation sites excluding steroid dienone is 1. The summed E-state index contributed by atoms with van der Waals surface area (Å²) in [6.45, 7) is 4.12. The van der Waals surface area contributed by atoms with Gasteiger partial charge in [0.25, 0.3) is 5.91 Å². The Bertz CT molecular complexity index is 595. The molecule has 2 unspecified atom stereocenters. The lowest BCUT2D eigenvalue weighted by atomic mass is 10.0. The van der Waals surface area contributed by atoms with Crippen molar-refractivity contribution in [1.82, 2.24) is 10.2 Å². The van der Waals surface area contributed by atoms with Gasteiger partial charge in [0.15, 0.2) is 0 Å². The molecular formula is C15H18N2O2S2. The molecule has 2 atom stereocenters. The molecule has 0 saturated carbocycles. The average Bonchev–Trinajstić information content (AvgIpc) is 2.97. The SMILES string of the molecule is CCC1=C(C)N2C(=O)C(NC(=O)Cc3cccs3)C2SC1. The summed E-state index contributed by atoms with van der Waals surface area (Å²) < 4.78 is 0. The lowest BCUT2D eigenvalue weighted by Crippen LogP contribution is -2.69.